The molecule has 1 heteroatoms. The highest BCUT2D eigenvalue weighted by atomic mass is 14.7. The molecule has 0 aromatic carbocycles. The minimum atomic E-state index is 0.858. The highest BCUT2D eigenvalue weighted by Crippen LogP contribution is 2.41. The second kappa shape index (κ2) is 2.33. The maximum absolute atomic E-state index is 4.25. The molecule has 0 atom stereocenters. The van der Waals surface area contributed by atoms with Crippen molar-refractivity contribution in [3.05, 3.63) is 29.1 Å². The van der Waals surface area contributed by atoms with Crippen LogP contribution >= 0.6 is 0 Å². The fourth-order valence-corrected chi connectivity index (χ4v) is 1.48. The van der Waals surface area contributed by atoms with Crippen molar-refractivity contribution >= 4 is 0 Å². The van der Waals surface area contributed by atoms with Gasteiger partial charge in [-0.05, 0) is 49.8 Å². The van der Waals surface area contributed by atoms with E-state index in [0.29, 0.717) is 0 Å². The van der Waals surface area contributed by atoms with Gasteiger partial charge in [0.1, 0.15) is 0 Å². The Bertz CT molecular complexity index is 274. The molecule has 0 bridgehead atoms. The number of hydrogen-bond donors (Lipinski definition) is 0. The highest BCUT2D eigenvalue weighted by Gasteiger charge is 2.24. The van der Waals surface area contributed by atoms with Crippen LogP contribution in [0.25, 0.3) is 0 Å². The second-order valence-corrected chi connectivity index (χ2v) is 3.46. The monoisotopic (exact) mass is 147 g/mol. The van der Waals surface area contributed by atoms with Crippen molar-refractivity contribution in [3.8, 4) is 0 Å². The smallest absolute Gasteiger partial charge is 0.0375 e. The van der Waals surface area contributed by atoms with Crippen LogP contribution in [0.3, 0.4) is 0 Å². The number of pyridine rings is 1. The maximum Gasteiger partial charge on any atom is 0.0375 e. The molecule has 0 unspecified atom stereocenters. The summed E-state index contributed by atoms with van der Waals surface area (Å²) >= 11 is 0. The van der Waals surface area contributed by atoms with Crippen LogP contribution in [0.2, 0.25) is 0 Å². The van der Waals surface area contributed by atoms with E-state index in [1.54, 1.807) is 0 Å². The fourth-order valence-electron chi connectivity index (χ4n) is 1.48. The van der Waals surface area contributed by atoms with E-state index in [1.165, 1.54) is 24.0 Å². The van der Waals surface area contributed by atoms with Crippen LogP contribution in [-0.4, -0.2) is 4.98 Å². The van der Waals surface area contributed by atoms with Gasteiger partial charge in [-0.3, -0.25) is 4.98 Å². The van der Waals surface area contributed by atoms with Crippen LogP contribution in [0.1, 0.15) is 35.6 Å². The van der Waals surface area contributed by atoms with Crippen LogP contribution in [0.4, 0.5) is 0 Å². The first-order valence-electron chi connectivity index (χ1n) is 4.20. The number of hydrogen-bond acceptors (Lipinski definition) is 1. The third-order valence-corrected chi connectivity index (χ3v) is 2.30. The summed E-state index contributed by atoms with van der Waals surface area (Å²) in [6.07, 6.45) is 4.75. The predicted molar refractivity (Wildman–Crippen MR) is 45.7 cm³/mol. The summed E-state index contributed by atoms with van der Waals surface area (Å²) in [6.45, 7) is 4.21. The van der Waals surface area contributed by atoms with Gasteiger partial charge in [0.15, 0.2) is 0 Å². The molecule has 0 saturated heterocycles. The Morgan fingerprint density at radius 1 is 1.36 bits per heavy atom. The summed E-state index contributed by atoms with van der Waals surface area (Å²) < 4.78 is 0. The van der Waals surface area contributed by atoms with E-state index in [2.05, 4.69) is 24.9 Å². The Hall–Kier alpha value is -0.850. The summed E-state index contributed by atoms with van der Waals surface area (Å²) in [5.41, 5.74) is 4.04. The van der Waals surface area contributed by atoms with Gasteiger partial charge in [0.2, 0.25) is 0 Å². The van der Waals surface area contributed by atoms with Crippen molar-refractivity contribution in [3.63, 3.8) is 0 Å². The van der Waals surface area contributed by atoms with Gasteiger partial charge in [-0.15, -0.1) is 0 Å². The van der Waals surface area contributed by atoms with E-state index in [0.717, 1.165) is 11.6 Å². The second-order valence-electron chi connectivity index (χ2n) is 3.46. The Kier molecular flexibility index (Phi) is 1.45. The number of aromatic nitrogens is 1. The first-order chi connectivity index (χ1) is 5.27. The van der Waals surface area contributed by atoms with Gasteiger partial charge >= 0.3 is 0 Å². The minimum Gasteiger partial charge on any atom is -0.261 e. The van der Waals surface area contributed by atoms with Crippen LogP contribution < -0.4 is 0 Å². The molecular formula is C10H13N. The normalized spacial score (nSPS) is 16.9. The molecule has 1 aliphatic carbocycles. The van der Waals surface area contributed by atoms with E-state index < -0.39 is 0 Å². The zero-order valence-corrected chi connectivity index (χ0v) is 7.09. The van der Waals surface area contributed by atoms with Crippen molar-refractivity contribution in [1.29, 1.82) is 0 Å². The first-order valence-corrected chi connectivity index (χ1v) is 4.20. The lowest BCUT2D eigenvalue weighted by atomic mass is 10.1. The third-order valence-electron chi connectivity index (χ3n) is 2.30. The Balaban J connectivity index is 2.42. The molecule has 0 aliphatic heterocycles. The van der Waals surface area contributed by atoms with Crippen molar-refractivity contribution < 1.29 is 0 Å². The van der Waals surface area contributed by atoms with Crippen LogP contribution in [0.15, 0.2) is 12.3 Å². The topological polar surface area (TPSA) is 12.9 Å². The average molecular weight is 147 g/mol. The minimum absolute atomic E-state index is 0.858. The molecule has 1 aromatic rings. The van der Waals surface area contributed by atoms with Crippen molar-refractivity contribution in [2.24, 2.45) is 0 Å². The van der Waals surface area contributed by atoms with Gasteiger partial charge in [-0.2, -0.15) is 0 Å². The van der Waals surface area contributed by atoms with E-state index in [-0.39, 0.29) is 0 Å². The number of aryl methyl sites for hydroxylation is 2. The molecule has 58 valence electrons. The standard InChI is InChI=1S/C10H13N/c1-7-6-11-8(2)5-10(7)9-3-4-9/h5-6,9H,3-4H2,1-2H3. The average Bonchev–Trinajstić information content (AvgIpc) is 2.76. The van der Waals surface area contributed by atoms with Crippen molar-refractivity contribution in [1.82, 2.24) is 4.98 Å². The molecule has 0 spiro atoms. The number of rotatable bonds is 1. The molecule has 1 heterocycles. The van der Waals surface area contributed by atoms with Crippen molar-refractivity contribution in [2.45, 2.75) is 32.6 Å². The first kappa shape index (κ1) is 6.84. The lowest BCUT2D eigenvalue weighted by molar-refractivity contribution is 1.04. The van der Waals surface area contributed by atoms with Crippen LogP contribution in [0.5, 0.6) is 0 Å². The maximum atomic E-state index is 4.25. The number of nitrogens with zero attached hydrogens (tertiary/aromatic N) is 1. The van der Waals surface area contributed by atoms with Crippen LogP contribution in [-0.2, 0) is 0 Å². The molecule has 0 radical (unpaired) electrons. The largest absolute Gasteiger partial charge is 0.261 e. The third kappa shape index (κ3) is 1.28. The summed E-state index contributed by atoms with van der Waals surface area (Å²) in [5.74, 6) is 0.858. The highest BCUT2D eigenvalue weighted by molar-refractivity contribution is 5.31. The molecule has 11 heavy (non-hydrogen) atoms. The lowest BCUT2D eigenvalue weighted by Gasteiger charge is -2.03. The Morgan fingerprint density at radius 2 is 2.09 bits per heavy atom. The molecule has 1 saturated carbocycles. The predicted octanol–water partition coefficient (Wildman–Crippen LogP) is 2.58. The zero-order chi connectivity index (χ0) is 7.84. The van der Waals surface area contributed by atoms with Gasteiger partial charge in [0, 0.05) is 11.9 Å². The Labute approximate surface area is 67.5 Å². The van der Waals surface area contributed by atoms with Crippen LogP contribution in [0, 0.1) is 13.8 Å². The molecule has 1 fully saturated rings. The molecule has 0 amide bonds. The summed E-state index contributed by atoms with van der Waals surface area (Å²) in [7, 11) is 0. The molecule has 1 aliphatic rings. The summed E-state index contributed by atoms with van der Waals surface area (Å²) in [5, 5.41) is 0. The van der Waals surface area contributed by atoms with E-state index in [9.17, 15) is 0 Å². The van der Waals surface area contributed by atoms with E-state index >= 15 is 0 Å². The summed E-state index contributed by atoms with van der Waals surface area (Å²) in [6, 6.07) is 2.23. The molecule has 2 rings (SSSR count). The molecule has 1 nitrogen and oxygen atoms in total. The molecule has 1 aromatic heterocycles. The van der Waals surface area contributed by atoms with Gasteiger partial charge in [-0.1, -0.05) is 0 Å². The molecular weight excluding hydrogens is 134 g/mol. The van der Waals surface area contributed by atoms with Crippen molar-refractivity contribution in [2.75, 3.05) is 0 Å². The Morgan fingerprint density at radius 3 is 2.73 bits per heavy atom. The quantitative estimate of drug-likeness (QED) is 0.595. The van der Waals surface area contributed by atoms with Gasteiger partial charge in [0.25, 0.3) is 0 Å². The molecule has 0 N–H and O–H groups in total. The van der Waals surface area contributed by atoms with Gasteiger partial charge in [0.05, 0.1) is 0 Å². The zero-order valence-electron chi connectivity index (χ0n) is 7.09. The van der Waals surface area contributed by atoms with E-state index in [1.807, 2.05) is 6.20 Å². The van der Waals surface area contributed by atoms with Gasteiger partial charge in [-0.25, -0.2) is 0 Å². The lowest BCUT2D eigenvalue weighted by Crippen LogP contribution is -1.89. The SMILES string of the molecule is Cc1cc(C2CC2)c(C)cn1. The fraction of sp³-hybridized carbons (Fsp3) is 0.500. The summed E-state index contributed by atoms with van der Waals surface area (Å²) in [4.78, 5) is 4.25. The van der Waals surface area contributed by atoms with Gasteiger partial charge < -0.3 is 0 Å². The van der Waals surface area contributed by atoms with E-state index in [4.69, 9.17) is 0 Å².